The van der Waals surface area contributed by atoms with Crippen LogP contribution in [0.15, 0.2) is 12.1 Å². The van der Waals surface area contributed by atoms with E-state index in [9.17, 15) is 0 Å². The molecule has 0 amide bonds. The average Bonchev–Trinajstić information content (AvgIpc) is 2.38. The summed E-state index contributed by atoms with van der Waals surface area (Å²) in [6.07, 6.45) is 0. The lowest BCUT2D eigenvalue weighted by Gasteiger charge is -2.19. The van der Waals surface area contributed by atoms with Gasteiger partial charge in [-0.15, -0.1) is 0 Å². The minimum absolute atomic E-state index is 0.131. The van der Waals surface area contributed by atoms with Crippen molar-refractivity contribution in [2.45, 2.75) is 6.54 Å². The highest BCUT2D eigenvalue weighted by molar-refractivity contribution is 5.55. The van der Waals surface area contributed by atoms with Crippen molar-refractivity contribution in [3.63, 3.8) is 0 Å². The Morgan fingerprint density at radius 2 is 1.72 bits per heavy atom. The van der Waals surface area contributed by atoms with Gasteiger partial charge >= 0.3 is 0 Å². The summed E-state index contributed by atoms with van der Waals surface area (Å²) in [5.41, 5.74) is 0.992. The lowest BCUT2D eigenvalue weighted by atomic mass is 10.1. The molecule has 0 atom stereocenters. The number of rotatable bonds is 7. The van der Waals surface area contributed by atoms with E-state index in [1.165, 1.54) is 0 Å². The third-order valence-corrected chi connectivity index (χ3v) is 2.71. The van der Waals surface area contributed by atoms with Gasteiger partial charge in [0, 0.05) is 18.7 Å². The molecule has 18 heavy (non-hydrogen) atoms. The van der Waals surface area contributed by atoms with Gasteiger partial charge in [0.05, 0.1) is 27.9 Å². The predicted molar refractivity (Wildman–Crippen MR) is 69.5 cm³/mol. The van der Waals surface area contributed by atoms with Gasteiger partial charge in [0.1, 0.15) is 0 Å². The molecule has 0 saturated carbocycles. The normalized spacial score (nSPS) is 10.6. The fourth-order valence-electron chi connectivity index (χ4n) is 1.83. The van der Waals surface area contributed by atoms with Crippen LogP contribution in [0.25, 0.3) is 0 Å². The van der Waals surface area contributed by atoms with E-state index in [4.69, 9.17) is 19.3 Å². The van der Waals surface area contributed by atoms with Crippen molar-refractivity contribution in [2.24, 2.45) is 0 Å². The lowest BCUT2D eigenvalue weighted by molar-refractivity contribution is 0.215. The number of aliphatic hydroxyl groups is 1. The average molecular weight is 255 g/mol. The quantitative estimate of drug-likeness (QED) is 0.791. The number of aliphatic hydroxyl groups excluding tert-OH is 1. The maximum atomic E-state index is 8.91. The molecule has 102 valence electrons. The Hall–Kier alpha value is -1.46. The van der Waals surface area contributed by atoms with Crippen molar-refractivity contribution < 1.29 is 19.3 Å². The number of ether oxygens (including phenoxy) is 3. The third kappa shape index (κ3) is 3.27. The van der Waals surface area contributed by atoms with Crippen molar-refractivity contribution in [1.29, 1.82) is 0 Å². The van der Waals surface area contributed by atoms with Crippen LogP contribution in [0.2, 0.25) is 0 Å². The van der Waals surface area contributed by atoms with E-state index in [2.05, 4.69) is 0 Å². The summed E-state index contributed by atoms with van der Waals surface area (Å²) < 4.78 is 15.9. The molecule has 0 spiro atoms. The SMILES string of the molecule is COc1ccc(CN(C)CCO)c(OC)c1OC. The molecule has 0 saturated heterocycles. The number of methoxy groups -OCH3 is 3. The zero-order valence-electron chi connectivity index (χ0n) is 11.4. The van der Waals surface area contributed by atoms with Crippen molar-refractivity contribution >= 4 is 0 Å². The summed E-state index contributed by atoms with van der Waals surface area (Å²) in [5.74, 6) is 1.90. The molecule has 1 rings (SSSR count). The Morgan fingerprint density at radius 3 is 2.22 bits per heavy atom. The van der Waals surface area contributed by atoms with Crippen molar-refractivity contribution in [2.75, 3.05) is 41.5 Å². The Labute approximate surface area is 108 Å². The first-order chi connectivity index (χ1) is 8.67. The Bertz CT molecular complexity index is 381. The van der Waals surface area contributed by atoms with E-state index in [-0.39, 0.29) is 6.61 Å². The topological polar surface area (TPSA) is 51.2 Å². The fourth-order valence-corrected chi connectivity index (χ4v) is 1.83. The van der Waals surface area contributed by atoms with Gasteiger partial charge in [-0.05, 0) is 13.1 Å². The lowest BCUT2D eigenvalue weighted by Crippen LogP contribution is -2.21. The molecule has 0 unspecified atom stereocenters. The van der Waals surface area contributed by atoms with E-state index in [0.717, 1.165) is 5.56 Å². The van der Waals surface area contributed by atoms with Gasteiger partial charge in [-0.1, -0.05) is 6.07 Å². The van der Waals surface area contributed by atoms with E-state index >= 15 is 0 Å². The Kier molecular flexibility index (Phi) is 5.74. The maximum Gasteiger partial charge on any atom is 0.203 e. The molecule has 1 aromatic rings. The minimum Gasteiger partial charge on any atom is -0.493 e. The van der Waals surface area contributed by atoms with Crippen LogP contribution < -0.4 is 14.2 Å². The van der Waals surface area contributed by atoms with Crippen LogP contribution in [0.1, 0.15) is 5.56 Å². The summed E-state index contributed by atoms with van der Waals surface area (Å²) in [6, 6.07) is 3.79. The van der Waals surface area contributed by atoms with Crippen molar-refractivity contribution in [1.82, 2.24) is 4.90 Å². The molecular formula is C13H21NO4. The van der Waals surface area contributed by atoms with Crippen LogP contribution in [-0.2, 0) is 6.54 Å². The first kappa shape index (κ1) is 14.6. The highest BCUT2D eigenvalue weighted by Gasteiger charge is 2.16. The summed E-state index contributed by atoms with van der Waals surface area (Å²) in [5, 5.41) is 8.91. The van der Waals surface area contributed by atoms with E-state index < -0.39 is 0 Å². The number of hydrogen-bond acceptors (Lipinski definition) is 5. The third-order valence-electron chi connectivity index (χ3n) is 2.71. The van der Waals surface area contributed by atoms with Gasteiger partial charge in [-0.25, -0.2) is 0 Å². The van der Waals surface area contributed by atoms with Crippen LogP contribution in [0.3, 0.4) is 0 Å². The monoisotopic (exact) mass is 255 g/mol. The molecule has 0 aromatic heterocycles. The van der Waals surface area contributed by atoms with Crippen LogP contribution in [0.5, 0.6) is 17.2 Å². The van der Waals surface area contributed by atoms with Crippen molar-refractivity contribution in [3.05, 3.63) is 17.7 Å². The molecule has 0 aliphatic heterocycles. The number of nitrogens with zero attached hydrogens (tertiary/aromatic N) is 1. The van der Waals surface area contributed by atoms with Gasteiger partial charge in [-0.2, -0.15) is 0 Å². The Morgan fingerprint density at radius 1 is 1.06 bits per heavy atom. The van der Waals surface area contributed by atoms with Gasteiger partial charge in [0.25, 0.3) is 0 Å². The molecule has 0 bridgehead atoms. The zero-order chi connectivity index (χ0) is 13.5. The largest absolute Gasteiger partial charge is 0.493 e. The molecule has 5 heteroatoms. The van der Waals surface area contributed by atoms with Crippen molar-refractivity contribution in [3.8, 4) is 17.2 Å². The van der Waals surface area contributed by atoms with E-state index in [1.54, 1.807) is 21.3 Å². The summed E-state index contributed by atoms with van der Waals surface area (Å²) in [7, 11) is 6.72. The summed E-state index contributed by atoms with van der Waals surface area (Å²) >= 11 is 0. The molecule has 5 nitrogen and oxygen atoms in total. The second kappa shape index (κ2) is 7.08. The smallest absolute Gasteiger partial charge is 0.203 e. The standard InChI is InChI=1S/C13H21NO4/c1-14(7-8-15)9-10-5-6-11(16-2)13(18-4)12(10)17-3/h5-6,15H,7-9H2,1-4H3. The molecule has 1 N–H and O–H groups in total. The zero-order valence-corrected chi connectivity index (χ0v) is 11.4. The fraction of sp³-hybridized carbons (Fsp3) is 0.538. The molecule has 1 aromatic carbocycles. The second-order valence-corrected chi connectivity index (χ2v) is 3.95. The number of likely N-dealkylation sites (N-methyl/N-ethyl adjacent to an activating group) is 1. The highest BCUT2D eigenvalue weighted by atomic mass is 16.5. The van der Waals surface area contributed by atoms with Gasteiger partial charge in [0.15, 0.2) is 11.5 Å². The molecule has 0 aliphatic carbocycles. The van der Waals surface area contributed by atoms with Gasteiger partial charge in [-0.3, -0.25) is 4.90 Å². The molecule has 0 radical (unpaired) electrons. The van der Waals surface area contributed by atoms with E-state index in [0.29, 0.717) is 30.3 Å². The first-order valence-corrected chi connectivity index (χ1v) is 5.75. The highest BCUT2D eigenvalue weighted by Crippen LogP contribution is 2.39. The van der Waals surface area contributed by atoms with Crippen LogP contribution in [0, 0.1) is 0 Å². The van der Waals surface area contributed by atoms with Crippen LogP contribution >= 0.6 is 0 Å². The first-order valence-electron chi connectivity index (χ1n) is 5.75. The number of hydrogen-bond donors (Lipinski definition) is 1. The van der Waals surface area contributed by atoms with E-state index in [1.807, 2.05) is 24.1 Å². The van der Waals surface area contributed by atoms with Crippen LogP contribution in [0.4, 0.5) is 0 Å². The maximum absolute atomic E-state index is 8.91. The Balaban J connectivity index is 3.04. The predicted octanol–water partition coefficient (Wildman–Crippen LogP) is 1.14. The molecule has 0 fully saturated rings. The van der Waals surface area contributed by atoms with Crippen LogP contribution in [-0.4, -0.2) is 51.5 Å². The molecule has 0 heterocycles. The summed E-state index contributed by atoms with van der Waals surface area (Å²) in [4.78, 5) is 2.00. The minimum atomic E-state index is 0.131. The number of benzene rings is 1. The van der Waals surface area contributed by atoms with Gasteiger partial charge in [0.2, 0.25) is 5.75 Å². The second-order valence-electron chi connectivity index (χ2n) is 3.95. The van der Waals surface area contributed by atoms with Gasteiger partial charge < -0.3 is 19.3 Å². The summed E-state index contributed by atoms with van der Waals surface area (Å²) in [6.45, 7) is 1.41. The molecular weight excluding hydrogens is 234 g/mol. The molecule has 0 aliphatic rings.